The molecule has 2 aromatic carbocycles. The van der Waals surface area contributed by atoms with Crippen molar-refractivity contribution in [1.82, 2.24) is 9.97 Å². The molecule has 4 rings (SSSR count). The Hall–Kier alpha value is -3.54. The zero-order chi connectivity index (χ0) is 16.5. The fourth-order valence-electron chi connectivity index (χ4n) is 2.63. The number of H-pyrrole nitrogens is 2. The molecular formula is C18H13N3O3. The number of anilines is 1. The first-order chi connectivity index (χ1) is 11.7. The van der Waals surface area contributed by atoms with Gasteiger partial charge in [-0.2, -0.15) is 0 Å². The molecule has 0 saturated carbocycles. The third kappa shape index (κ3) is 2.50. The Morgan fingerprint density at radius 1 is 0.958 bits per heavy atom. The molecule has 0 spiro atoms. The van der Waals surface area contributed by atoms with Crippen molar-refractivity contribution in [2.24, 2.45) is 0 Å². The van der Waals surface area contributed by atoms with Gasteiger partial charge in [-0.05, 0) is 29.8 Å². The van der Waals surface area contributed by atoms with Crippen molar-refractivity contribution in [3.05, 3.63) is 77.1 Å². The fraction of sp³-hybridized carbons (Fsp3) is 0. The Labute approximate surface area is 136 Å². The van der Waals surface area contributed by atoms with Gasteiger partial charge in [0, 0.05) is 11.3 Å². The molecule has 2 heterocycles. The van der Waals surface area contributed by atoms with Crippen LogP contribution >= 0.6 is 0 Å². The van der Waals surface area contributed by atoms with Crippen molar-refractivity contribution in [3.63, 3.8) is 0 Å². The Morgan fingerprint density at radius 2 is 1.75 bits per heavy atom. The number of fused-ring (bicyclic) bond motifs is 1. The fourth-order valence-corrected chi connectivity index (χ4v) is 2.63. The summed E-state index contributed by atoms with van der Waals surface area (Å²) in [7, 11) is 0. The molecule has 0 atom stereocenters. The lowest BCUT2D eigenvalue weighted by Crippen LogP contribution is -2.11. The lowest BCUT2D eigenvalue weighted by atomic mass is 10.1. The summed E-state index contributed by atoms with van der Waals surface area (Å²) in [6, 6.07) is 16.4. The molecule has 0 unspecified atom stereocenters. The number of benzene rings is 2. The molecule has 24 heavy (non-hydrogen) atoms. The third-order valence-electron chi connectivity index (χ3n) is 3.73. The number of imidazole rings is 1. The Kier molecular flexibility index (Phi) is 3.28. The first kappa shape index (κ1) is 14.1. The molecule has 3 N–H and O–H groups in total. The van der Waals surface area contributed by atoms with Gasteiger partial charge in [-0.25, -0.2) is 4.79 Å². The minimum atomic E-state index is -0.351. The number of aromatic amines is 2. The van der Waals surface area contributed by atoms with Gasteiger partial charge >= 0.3 is 5.69 Å². The highest BCUT2D eigenvalue weighted by Crippen LogP contribution is 2.25. The van der Waals surface area contributed by atoms with Crippen LogP contribution in [0.4, 0.5) is 5.69 Å². The maximum Gasteiger partial charge on any atom is 0.323 e. The second-order valence-corrected chi connectivity index (χ2v) is 5.32. The Bertz CT molecular complexity index is 1070. The van der Waals surface area contributed by atoms with Gasteiger partial charge in [0.05, 0.1) is 17.3 Å². The van der Waals surface area contributed by atoms with Gasteiger partial charge in [-0.3, -0.25) is 4.79 Å². The summed E-state index contributed by atoms with van der Waals surface area (Å²) in [5.41, 5.74) is 3.22. The number of aromatic nitrogens is 2. The van der Waals surface area contributed by atoms with Crippen LogP contribution in [0.3, 0.4) is 0 Å². The highest BCUT2D eigenvalue weighted by Gasteiger charge is 2.17. The van der Waals surface area contributed by atoms with Crippen LogP contribution in [0.1, 0.15) is 10.6 Å². The van der Waals surface area contributed by atoms with Gasteiger partial charge < -0.3 is 19.7 Å². The van der Waals surface area contributed by atoms with E-state index in [9.17, 15) is 9.59 Å². The summed E-state index contributed by atoms with van der Waals surface area (Å²) in [4.78, 5) is 29.1. The Morgan fingerprint density at radius 3 is 2.58 bits per heavy atom. The number of hydrogen-bond donors (Lipinski definition) is 3. The number of nitrogens with one attached hydrogen (secondary N) is 3. The first-order valence-electron chi connectivity index (χ1n) is 7.37. The molecule has 0 saturated heterocycles. The summed E-state index contributed by atoms with van der Waals surface area (Å²) in [5, 5.41) is 2.79. The largest absolute Gasteiger partial charge is 0.459 e. The first-order valence-corrected chi connectivity index (χ1v) is 7.37. The minimum absolute atomic E-state index is 0.240. The number of carbonyl (C=O) groups excluding carboxylic acids is 1. The van der Waals surface area contributed by atoms with E-state index in [4.69, 9.17) is 4.42 Å². The lowest BCUT2D eigenvalue weighted by Gasteiger charge is -2.05. The average Bonchev–Trinajstić information content (AvgIpc) is 3.21. The minimum Gasteiger partial charge on any atom is -0.459 e. The van der Waals surface area contributed by atoms with Crippen LogP contribution in [-0.4, -0.2) is 15.9 Å². The lowest BCUT2D eigenvalue weighted by molar-refractivity contribution is 0.0997. The smallest absolute Gasteiger partial charge is 0.323 e. The van der Waals surface area contributed by atoms with Crippen molar-refractivity contribution in [1.29, 1.82) is 0 Å². The normalized spacial score (nSPS) is 10.8. The average molecular weight is 319 g/mol. The molecule has 4 aromatic rings. The molecule has 0 aliphatic heterocycles. The van der Waals surface area contributed by atoms with E-state index >= 15 is 0 Å². The van der Waals surface area contributed by atoms with Crippen molar-refractivity contribution < 1.29 is 9.21 Å². The van der Waals surface area contributed by atoms with Crippen molar-refractivity contribution in [2.45, 2.75) is 0 Å². The van der Waals surface area contributed by atoms with Crippen LogP contribution in [0.5, 0.6) is 0 Å². The highest BCUT2D eigenvalue weighted by molar-refractivity contribution is 6.07. The van der Waals surface area contributed by atoms with Crippen molar-refractivity contribution >= 4 is 22.6 Å². The summed E-state index contributed by atoms with van der Waals surface area (Å²) >= 11 is 0. The molecule has 0 bridgehead atoms. The number of carbonyl (C=O) groups is 1. The molecular weight excluding hydrogens is 306 g/mol. The zero-order valence-corrected chi connectivity index (χ0v) is 12.5. The number of furan rings is 1. The van der Waals surface area contributed by atoms with Gasteiger partial charge in [0.1, 0.15) is 0 Å². The van der Waals surface area contributed by atoms with E-state index in [0.717, 1.165) is 11.1 Å². The monoisotopic (exact) mass is 319 g/mol. The SMILES string of the molecule is O=C(Nc1ccc2[nH]c(=O)[nH]c2c1)c1occc1-c1ccccc1. The van der Waals surface area contributed by atoms with Crippen LogP contribution in [-0.2, 0) is 0 Å². The zero-order valence-electron chi connectivity index (χ0n) is 12.5. The van der Waals surface area contributed by atoms with Crippen LogP contribution in [0.25, 0.3) is 22.2 Å². The molecule has 1 amide bonds. The number of rotatable bonds is 3. The Balaban J connectivity index is 1.64. The van der Waals surface area contributed by atoms with Crippen LogP contribution in [0, 0.1) is 0 Å². The molecule has 6 heteroatoms. The van der Waals surface area contributed by atoms with Gasteiger partial charge in [0.15, 0.2) is 5.76 Å². The second kappa shape index (κ2) is 5.58. The van der Waals surface area contributed by atoms with Gasteiger partial charge in [0.2, 0.25) is 0 Å². The summed E-state index contributed by atoms with van der Waals surface area (Å²) in [6.07, 6.45) is 1.49. The quantitative estimate of drug-likeness (QED) is 0.540. The topological polar surface area (TPSA) is 90.9 Å². The van der Waals surface area contributed by atoms with E-state index in [2.05, 4.69) is 15.3 Å². The van der Waals surface area contributed by atoms with Crippen LogP contribution in [0.15, 0.2) is 70.1 Å². The van der Waals surface area contributed by atoms with E-state index in [1.54, 1.807) is 24.3 Å². The second-order valence-electron chi connectivity index (χ2n) is 5.32. The summed E-state index contributed by atoms with van der Waals surface area (Å²) < 4.78 is 5.37. The summed E-state index contributed by atoms with van der Waals surface area (Å²) in [5.74, 6) is -0.111. The standard InChI is InChI=1S/C18H13N3O3/c22-17(16-13(8-9-24-16)11-4-2-1-3-5-11)19-12-6-7-14-15(10-12)21-18(23)20-14/h1-10H,(H,19,22)(H2,20,21,23). The van der Waals surface area contributed by atoms with Crippen molar-refractivity contribution in [3.8, 4) is 11.1 Å². The van der Waals surface area contributed by atoms with Crippen LogP contribution in [0.2, 0.25) is 0 Å². The third-order valence-corrected chi connectivity index (χ3v) is 3.73. The van der Waals surface area contributed by atoms with E-state index in [1.807, 2.05) is 30.3 Å². The van der Waals surface area contributed by atoms with Crippen molar-refractivity contribution in [2.75, 3.05) is 5.32 Å². The molecule has 2 aromatic heterocycles. The number of amides is 1. The molecule has 0 aliphatic carbocycles. The predicted octanol–water partition coefficient (Wildman–Crippen LogP) is 3.37. The van der Waals surface area contributed by atoms with Crippen LogP contribution < -0.4 is 11.0 Å². The van der Waals surface area contributed by atoms with E-state index in [0.29, 0.717) is 16.7 Å². The predicted molar refractivity (Wildman–Crippen MR) is 91.0 cm³/mol. The molecule has 0 fully saturated rings. The number of hydrogen-bond acceptors (Lipinski definition) is 3. The molecule has 0 radical (unpaired) electrons. The molecule has 6 nitrogen and oxygen atoms in total. The van der Waals surface area contributed by atoms with Gasteiger partial charge in [-0.15, -0.1) is 0 Å². The summed E-state index contributed by atoms with van der Waals surface area (Å²) in [6.45, 7) is 0. The van der Waals surface area contributed by atoms with E-state index in [1.165, 1.54) is 6.26 Å². The van der Waals surface area contributed by atoms with Gasteiger partial charge in [0.25, 0.3) is 5.91 Å². The maximum absolute atomic E-state index is 12.5. The molecule has 118 valence electrons. The van der Waals surface area contributed by atoms with E-state index < -0.39 is 0 Å². The molecule has 0 aliphatic rings. The highest BCUT2D eigenvalue weighted by atomic mass is 16.3. The van der Waals surface area contributed by atoms with Gasteiger partial charge in [-0.1, -0.05) is 30.3 Å². The maximum atomic E-state index is 12.5. The van der Waals surface area contributed by atoms with E-state index in [-0.39, 0.29) is 17.4 Å².